The molecule has 4 rings (SSSR count). The number of pyridine rings is 1. The van der Waals surface area contributed by atoms with Crippen LogP contribution in [0.5, 0.6) is 0 Å². The average Bonchev–Trinajstić information content (AvgIpc) is 3.39. The number of allylic oxidation sites excluding steroid dienone is 1. The zero-order chi connectivity index (χ0) is 18.9. The summed E-state index contributed by atoms with van der Waals surface area (Å²) in [5.74, 6) is 1.56. The third-order valence-electron chi connectivity index (χ3n) is 6.54. The first-order chi connectivity index (χ1) is 13.1. The molecule has 2 aliphatic carbocycles. The zero-order valence-electron chi connectivity index (χ0n) is 16.5. The minimum Gasteiger partial charge on any atom is -0.377 e. The van der Waals surface area contributed by atoms with E-state index in [1.54, 1.807) is 6.20 Å². The minimum atomic E-state index is -0.0163. The van der Waals surface area contributed by atoms with Gasteiger partial charge in [-0.15, -0.1) is 0 Å². The van der Waals surface area contributed by atoms with E-state index in [2.05, 4.69) is 29.0 Å². The first-order valence-electron chi connectivity index (χ1n) is 10.4. The third-order valence-corrected chi connectivity index (χ3v) is 6.54. The smallest absolute Gasteiger partial charge is 0.248 e. The van der Waals surface area contributed by atoms with Gasteiger partial charge in [-0.25, -0.2) is 4.98 Å². The van der Waals surface area contributed by atoms with E-state index in [0.29, 0.717) is 12.0 Å². The van der Waals surface area contributed by atoms with Gasteiger partial charge in [0, 0.05) is 12.6 Å². The lowest BCUT2D eigenvalue weighted by Gasteiger charge is -2.36. The van der Waals surface area contributed by atoms with Crippen molar-refractivity contribution in [3.8, 4) is 0 Å². The maximum absolute atomic E-state index is 12.6. The first-order valence-corrected chi connectivity index (χ1v) is 10.4. The number of nitrogens with zero attached hydrogens (tertiary/aromatic N) is 2. The van der Waals surface area contributed by atoms with Crippen LogP contribution in [0.1, 0.15) is 52.4 Å². The van der Waals surface area contributed by atoms with Gasteiger partial charge in [-0.05, 0) is 55.6 Å². The lowest BCUT2D eigenvalue weighted by molar-refractivity contribution is -0.112. The van der Waals surface area contributed by atoms with Gasteiger partial charge < -0.3 is 15.0 Å². The maximum atomic E-state index is 12.6. The molecule has 3 aliphatic rings. The van der Waals surface area contributed by atoms with E-state index in [1.807, 2.05) is 18.2 Å². The van der Waals surface area contributed by atoms with Gasteiger partial charge in [-0.2, -0.15) is 0 Å². The molecule has 1 aliphatic heterocycles. The Hall–Kier alpha value is -1.88. The molecule has 5 nitrogen and oxygen atoms in total. The molecular weight excluding hydrogens is 338 g/mol. The number of hydrogen-bond acceptors (Lipinski definition) is 4. The second-order valence-electron chi connectivity index (χ2n) is 8.51. The maximum Gasteiger partial charge on any atom is 0.248 e. The Kier molecular flexibility index (Phi) is 5.22. The van der Waals surface area contributed by atoms with Crippen LogP contribution < -0.4 is 10.2 Å². The molecule has 27 heavy (non-hydrogen) atoms. The van der Waals surface area contributed by atoms with Crippen LogP contribution >= 0.6 is 0 Å². The summed E-state index contributed by atoms with van der Waals surface area (Å²) in [6.07, 6.45) is 10.9. The number of carbonyl (C=O) groups excluding carboxylic acids is 1. The van der Waals surface area contributed by atoms with Crippen molar-refractivity contribution in [1.82, 2.24) is 4.98 Å². The number of morpholine rings is 1. The van der Waals surface area contributed by atoms with Crippen LogP contribution in [0.2, 0.25) is 0 Å². The van der Waals surface area contributed by atoms with Crippen LogP contribution in [0.25, 0.3) is 0 Å². The van der Waals surface area contributed by atoms with Crippen molar-refractivity contribution in [2.45, 2.75) is 58.4 Å². The number of anilines is 2. The summed E-state index contributed by atoms with van der Waals surface area (Å²) >= 11 is 0. The van der Waals surface area contributed by atoms with Crippen LogP contribution in [-0.2, 0) is 9.53 Å². The molecule has 3 fully saturated rings. The van der Waals surface area contributed by atoms with Gasteiger partial charge in [0.25, 0.3) is 0 Å². The van der Waals surface area contributed by atoms with Crippen molar-refractivity contribution in [2.75, 3.05) is 30.0 Å². The molecule has 0 bridgehead atoms. The molecule has 0 radical (unpaired) electrons. The number of amides is 1. The molecular formula is C22H31N3O2. The fraction of sp³-hybridized carbons (Fsp3) is 0.636. The summed E-state index contributed by atoms with van der Waals surface area (Å²) in [6.45, 7) is 6.83. The fourth-order valence-electron chi connectivity index (χ4n) is 4.22. The summed E-state index contributed by atoms with van der Waals surface area (Å²) in [6, 6.07) is 4.33. The van der Waals surface area contributed by atoms with E-state index in [0.717, 1.165) is 37.7 Å². The van der Waals surface area contributed by atoms with Crippen molar-refractivity contribution in [3.63, 3.8) is 0 Å². The standard InChI is InChI=1S/C22H31N3O2/c1-3-18-15-27-12-11-25(18)20-8-7-17(14-23-20)24-21(26)13-19(16-5-4-6-16)22(2)9-10-22/h7-8,13-14,16,18H,3-6,9-12,15H2,1-2H3,(H,24,26)/b19-13-. The van der Waals surface area contributed by atoms with Gasteiger partial charge in [0.1, 0.15) is 5.82 Å². The molecule has 0 aromatic carbocycles. The predicted molar refractivity (Wildman–Crippen MR) is 108 cm³/mol. The summed E-state index contributed by atoms with van der Waals surface area (Å²) in [4.78, 5) is 19.5. The summed E-state index contributed by atoms with van der Waals surface area (Å²) in [5.41, 5.74) is 2.40. The third kappa shape index (κ3) is 4.03. The summed E-state index contributed by atoms with van der Waals surface area (Å²) in [5, 5.41) is 3.01. The van der Waals surface area contributed by atoms with Crippen molar-refractivity contribution in [1.29, 1.82) is 0 Å². The summed E-state index contributed by atoms with van der Waals surface area (Å²) in [7, 11) is 0. The van der Waals surface area contributed by atoms with E-state index in [9.17, 15) is 4.79 Å². The van der Waals surface area contributed by atoms with Crippen LogP contribution in [-0.4, -0.2) is 36.7 Å². The van der Waals surface area contributed by atoms with Gasteiger partial charge in [-0.3, -0.25) is 4.79 Å². The van der Waals surface area contributed by atoms with Gasteiger partial charge in [0.15, 0.2) is 0 Å². The van der Waals surface area contributed by atoms with Gasteiger partial charge in [-0.1, -0.05) is 25.8 Å². The normalized spacial score (nSPS) is 25.0. The Labute approximate surface area is 162 Å². The number of aromatic nitrogens is 1. The highest BCUT2D eigenvalue weighted by molar-refractivity contribution is 6.00. The molecule has 146 valence electrons. The van der Waals surface area contributed by atoms with Crippen LogP contribution in [0.3, 0.4) is 0 Å². The van der Waals surface area contributed by atoms with E-state index < -0.39 is 0 Å². The molecule has 0 spiro atoms. The highest BCUT2D eigenvalue weighted by Crippen LogP contribution is 2.56. The minimum absolute atomic E-state index is 0.0163. The predicted octanol–water partition coefficient (Wildman–Crippen LogP) is 4.16. The van der Waals surface area contributed by atoms with E-state index in [1.165, 1.54) is 37.7 Å². The Morgan fingerprint density at radius 3 is 2.81 bits per heavy atom. The monoisotopic (exact) mass is 369 g/mol. The first kappa shape index (κ1) is 18.5. The number of rotatable bonds is 6. The molecule has 5 heteroatoms. The van der Waals surface area contributed by atoms with Crippen molar-refractivity contribution in [3.05, 3.63) is 30.0 Å². The molecule has 2 saturated carbocycles. The highest BCUT2D eigenvalue weighted by Gasteiger charge is 2.45. The lowest BCUT2D eigenvalue weighted by Crippen LogP contribution is -2.45. The molecule has 1 unspecified atom stereocenters. The lowest BCUT2D eigenvalue weighted by atomic mass is 9.73. The number of ether oxygens (including phenoxy) is 1. The van der Waals surface area contributed by atoms with Crippen molar-refractivity contribution >= 4 is 17.4 Å². The van der Waals surface area contributed by atoms with E-state index in [4.69, 9.17) is 4.74 Å². The quantitative estimate of drug-likeness (QED) is 0.765. The molecule has 1 amide bonds. The molecule has 1 saturated heterocycles. The second-order valence-corrected chi connectivity index (χ2v) is 8.51. The Morgan fingerprint density at radius 1 is 1.41 bits per heavy atom. The number of nitrogens with one attached hydrogen (secondary N) is 1. The Bertz CT molecular complexity index is 705. The van der Waals surface area contributed by atoms with Crippen LogP contribution in [0.15, 0.2) is 30.0 Å². The van der Waals surface area contributed by atoms with Crippen LogP contribution in [0.4, 0.5) is 11.5 Å². The second kappa shape index (κ2) is 7.63. The number of carbonyl (C=O) groups is 1. The molecule has 1 atom stereocenters. The average molecular weight is 370 g/mol. The summed E-state index contributed by atoms with van der Waals surface area (Å²) < 4.78 is 5.57. The Morgan fingerprint density at radius 2 is 2.22 bits per heavy atom. The van der Waals surface area contributed by atoms with Gasteiger partial charge in [0.2, 0.25) is 5.91 Å². The zero-order valence-corrected chi connectivity index (χ0v) is 16.5. The van der Waals surface area contributed by atoms with Crippen molar-refractivity contribution < 1.29 is 9.53 Å². The molecule has 1 aromatic rings. The molecule has 1 N–H and O–H groups in total. The molecule has 1 aromatic heterocycles. The highest BCUT2D eigenvalue weighted by atomic mass is 16.5. The number of hydrogen-bond donors (Lipinski definition) is 1. The van der Waals surface area contributed by atoms with Gasteiger partial charge >= 0.3 is 0 Å². The topological polar surface area (TPSA) is 54.5 Å². The van der Waals surface area contributed by atoms with E-state index >= 15 is 0 Å². The Balaban J connectivity index is 1.42. The molecule has 2 heterocycles. The SMILES string of the molecule is CCC1COCCN1c1ccc(NC(=O)/C=C(/C2CCC2)C2(C)CC2)cn1. The largest absolute Gasteiger partial charge is 0.377 e. The van der Waals surface area contributed by atoms with Crippen LogP contribution in [0, 0.1) is 11.3 Å². The van der Waals surface area contributed by atoms with E-state index in [-0.39, 0.29) is 11.3 Å². The van der Waals surface area contributed by atoms with Gasteiger partial charge in [0.05, 0.1) is 31.1 Å². The fourth-order valence-corrected chi connectivity index (χ4v) is 4.22. The van der Waals surface area contributed by atoms with Crippen molar-refractivity contribution in [2.24, 2.45) is 11.3 Å².